The smallest absolute Gasteiger partial charge is 0.384 e. The molecular formula is C32H35F3N6O3. The summed E-state index contributed by atoms with van der Waals surface area (Å²) in [6, 6.07) is 12.6. The molecule has 9 nitrogen and oxygen atoms in total. The highest BCUT2D eigenvalue weighted by Gasteiger charge is 2.47. The minimum absolute atomic E-state index is 0.00454. The molecule has 1 aromatic heterocycles. The lowest BCUT2D eigenvalue weighted by molar-refractivity contribution is -0.138. The Labute approximate surface area is 254 Å². The molecule has 2 fully saturated rings. The molecule has 6 rings (SSSR count). The molecule has 0 spiro atoms. The fraction of sp³-hybridized carbons (Fsp3) is 0.500. The molecule has 3 heterocycles. The maximum Gasteiger partial charge on any atom is 0.416 e. The molecule has 44 heavy (non-hydrogen) atoms. The maximum atomic E-state index is 14.4. The summed E-state index contributed by atoms with van der Waals surface area (Å²) in [5, 5.41) is 17.8. The average Bonchev–Trinajstić information content (AvgIpc) is 3.44. The second-order valence-corrected chi connectivity index (χ2v) is 12.3. The van der Waals surface area contributed by atoms with Gasteiger partial charge < -0.3 is 18.9 Å². The molecule has 0 radical (unpaired) electrons. The highest BCUT2D eigenvalue weighted by molar-refractivity contribution is 6.10. The van der Waals surface area contributed by atoms with Gasteiger partial charge in [0.15, 0.2) is 0 Å². The van der Waals surface area contributed by atoms with E-state index in [0.29, 0.717) is 63.4 Å². The molecular weight excluding hydrogens is 573 g/mol. The maximum absolute atomic E-state index is 14.4. The minimum Gasteiger partial charge on any atom is -0.384 e. The van der Waals surface area contributed by atoms with E-state index in [1.54, 1.807) is 25.6 Å². The Hall–Kier alpha value is -3.79. The first-order valence-electron chi connectivity index (χ1n) is 14.8. The number of amides is 1. The third-order valence-corrected chi connectivity index (χ3v) is 9.17. The van der Waals surface area contributed by atoms with E-state index in [0.717, 1.165) is 11.4 Å². The number of nitriles is 1. The van der Waals surface area contributed by atoms with Crippen LogP contribution in [-0.2, 0) is 47.6 Å². The average molecular weight is 609 g/mol. The van der Waals surface area contributed by atoms with Crippen molar-refractivity contribution >= 4 is 11.6 Å². The van der Waals surface area contributed by atoms with Crippen molar-refractivity contribution in [2.45, 2.75) is 43.9 Å². The number of methoxy groups -OCH3 is 1. The summed E-state index contributed by atoms with van der Waals surface area (Å²) in [6.07, 6.45) is -1.17. The van der Waals surface area contributed by atoms with Crippen molar-refractivity contribution in [1.82, 2.24) is 19.7 Å². The third-order valence-electron chi connectivity index (χ3n) is 9.17. The van der Waals surface area contributed by atoms with E-state index in [2.05, 4.69) is 21.2 Å². The zero-order chi connectivity index (χ0) is 31.1. The molecule has 3 aliphatic rings. The molecule has 1 unspecified atom stereocenters. The number of halogens is 3. The summed E-state index contributed by atoms with van der Waals surface area (Å²) >= 11 is 0. The third kappa shape index (κ3) is 5.84. The number of hydrogen-bond acceptors (Lipinski definition) is 7. The van der Waals surface area contributed by atoms with Crippen molar-refractivity contribution in [1.29, 1.82) is 5.26 Å². The molecule has 1 saturated heterocycles. The second kappa shape index (κ2) is 12.0. The van der Waals surface area contributed by atoms with E-state index in [1.807, 2.05) is 29.8 Å². The van der Waals surface area contributed by atoms with Gasteiger partial charge in [-0.1, -0.05) is 12.1 Å². The summed E-state index contributed by atoms with van der Waals surface area (Å²) in [6.45, 7) is 2.82. The lowest BCUT2D eigenvalue weighted by Crippen LogP contribution is -2.43. The Morgan fingerprint density at radius 2 is 2.05 bits per heavy atom. The number of anilines is 1. The van der Waals surface area contributed by atoms with E-state index in [4.69, 9.17) is 9.47 Å². The number of rotatable bonds is 8. The fourth-order valence-electron chi connectivity index (χ4n) is 6.94. The fourth-order valence-corrected chi connectivity index (χ4v) is 6.94. The molecule has 0 N–H and O–H groups in total. The zero-order valence-corrected chi connectivity index (χ0v) is 24.8. The van der Waals surface area contributed by atoms with E-state index in [1.165, 1.54) is 11.0 Å². The molecule has 1 saturated carbocycles. The highest BCUT2D eigenvalue weighted by atomic mass is 19.4. The standard InChI is InChI=1S/C32H35F3N6O3/c1-39-20-37-38-29(39)13-31(11-22(12-31)14-36)24-4-3-5-25(10-24)41-17-27-26(30(41)42)8-21(9-28(27)32(33,34)35)15-40-6-7-44-19-23(16-40)18-43-2/h3-5,8-10,20,22-23H,6-7,11-13,15-19H2,1-2H3/t22-,23?,31-. The van der Waals surface area contributed by atoms with Gasteiger partial charge >= 0.3 is 6.18 Å². The number of alkyl halides is 3. The number of carbonyl (C=O) groups excluding carboxylic acids is 1. The van der Waals surface area contributed by atoms with Gasteiger partial charge in [-0.3, -0.25) is 9.69 Å². The Balaban J connectivity index is 1.30. The van der Waals surface area contributed by atoms with Crippen LogP contribution in [0, 0.1) is 23.2 Å². The van der Waals surface area contributed by atoms with Gasteiger partial charge in [0.25, 0.3) is 5.91 Å². The SMILES string of the molecule is COCC1COCCN(Cc2cc3c(c(C(F)(F)F)c2)CN(c2cccc([C@]4(Cc5nncn5C)C[C@@H](C#N)C4)c2)C3=O)C1. The predicted octanol–water partition coefficient (Wildman–Crippen LogP) is 4.50. The van der Waals surface area contributed by atoms with Crippen LogP contribution in [0.25, 0.3) is 0 Å². The highest BCUT2D eigenvalue weighted by Crippen LogP contribution is 2.50. The number of ether oxygens (including phenoxy) is 2. The van der Waals surface area contributed by atoms with Gasteiger partial charge in [-0.05, 0) is 53.8 Å². The quantitative estimate of drug-likeness (QED) is 0.372. The first-order chi connectivity index (χ1) is 21.1. The lowest BCUT2D eigenvalue weighted by atomic mass is 9.57. The monoisotopic (exact) mass is 608 g/mol. The van der Waals surface area contributed by atoms with Crippen LogP contribution in [0.1, 0.15) is 51.3 Å². The van der Waals surface area contributed by atoms with Crippen LogP contribution in [0.3, 0.4) is 0 Å². The van der Waals surface area contributed by atoms with Gasteiger partial charge in [0.1, 0.15) is 12.2 Å². The van der Waals surface area contributed by atoms with Gasteiger partial charge in [0.2, 0.25) is 0 Å². The van der Waals surface area contributed by atoms with Gasteiger partial charge in [-0.25, -0.2) is 0 Å². The normalized spacial score (nSPS) is 24.1. The van der Waals surface area contributed by atoms with Crippen LogP contribution in [0.5, 0.6) is 0 Å². The van der Waals surface area contributed by atoms with Gasteiger partial charge in [0, 0.05) is 68.7 Å². The molecule has 0 bridgehead atoms. The number of carbonyl (C=O) groups is 1. The molecule has 1 amide bonds. The summed E-state index contributed by atoms with van der Waals surface area (Å²) in [7, 11) is 3.48. The van der Waals surface area contributed by atoms with Crippen LogP contribution in [0.4, 0.5) is 18.9 Å². The summed E-state index contributed by atoms with van der Waals surface area (Å²) in [5.74, 6) is 0.340. The molecule has 1 aliphatic carbocycles. The number of fused-ring (bicyclic) bond motifs is 1. The Morgan fingerprint density at radius 1 is 1.23 bits per heavy atom. The minimum atomic E-state index is -4.61. The first kappa shape index (κ1) is 30.2. The molecule has 2 aromatic carbocycles. The molecule has 232 valence electrons. The van der Waals surface area contributed by atoms with Crippen LogP contribution in [-0.4, -0.2) is 65.6 Å². The largest absolute Gasteiger partial charge is 0.416 e. The summed E-state index contributed by atoms with van der Waals surface area (Å²) in [5.41, 5.74) is 0.831. The second-order valence-electron chi connectivity index (χ2n) is 12.3. The van der Waals surface area contributed by atoms with E-state index >= 15 is 0 Å². The van der Waals surface area contributed by atoms with Gasteiger partial charge in [0.05, 0.1) is 38.0 Å². The van der Waals surface area contributed by atoms with Crippen molar-refractivity contribution in [3.8, 4) is 6.07 Å². The lowest BCUT2D eigenvalue weighted by Gasteiger charge is -2.45. The zero-order valence-electron chi connectivity index (χ0n) is 24.8. The van der Waals surface area contributed by atoms with Crippen molar-refractivity contribution in [3.63, 3.8) is 0 Å². The van der Waals surface area contributed by atoms with Gasteiger partial charge in [-0.15, -0.1) is 10.2 Å². The van der Waals surface area contributed by atoms with Gasteiger partial charge in [-0.2, -0.15) is 18.4 Å². The summed E-state index contributed by atoms with van der Waals surface area (Å²) in [4.78, 5) is 17.3. The van der Waals surface area contributed by atoms with E-state index in [-0.39, 0.29) is 41.5 Å². The Bertz CT molecular complexity index is 1580. The van der Waals surface area contributed by atoms with Crippen LogP contribution in [0.15, 0.2) is 42.7 Å². The number of nitrogens with zero attached hydrogens (tertiary/aromatic N) is 6. The van der Waals surface area contributed by atoms with Crippen LogP contribution in [0.2, 0.25) is 0 Å². The topological polar surface area (TPSA) is 96.5 Å². The van der Waals surface area contributed by atoms with Crippen molar-refractivity contribution in [2.75, 3.05) is 44.9 Å². The number of aryl methyl sites for hydroxylation is 1. The number of hydrogen-bond donors (Lipinski definition) is 0. The number of benzene rings is 2. The van der Waals surface area contributed by atoms with E-state index in [9.17, 15) is 23.2 Å². The molecule has 3 aromatic rings. The van der Waals surface area contributed by atoms with Crippen LogP contribution < -0.4 is 4.90 Å². The number of aromatic nitrogens is 3. The first-order valence-corrected chi connectivity index (χ1v) is 14.8. The molecule has 12 heteroatoms. The molecule has 1 atom stereocenters. The van der Waals surface area contributed by atoms with Crippen molar-refractivity contribution in [2.24, 2.45) is 18.9 Å². The van der Waals surface area contributed by atoms with E-state index < -0.39 is 17.6 Å². The molecule has 2 aliphatic heterocycles. The van der Waals surface area contributed by atoms with Crippen molar-refractivity contribution < 1.29 is 27.4 Å². The predicted molar refractivity (Wildman–Crippen MR) is 155 cm³/mol. The Kier molecular flexibility index (Phi) is 8.22. The Morgan fingerprint density at radius 3 is 2.75 bits per heavy atom. The van der Waals surface area contributed by atoms with Crippen LogP contribution >= 0.6 is 0 Å². The van der Waals surface area contributed by atoms with Crippen molar-refractivity contribution in [3.05, 3.63) is 76.4 Å². The summed E-state index contributed by atoms with van der Waals surface area (Å²) < 4.78 is 56.1.